The van der Waals surface area contributed by atoms with Crippen molar-refractivity contribution in [1.29, 1.82) is 0 Å². The molecular formula is C15H13FN2O2. The highest BCUT2D eigenvalue weighted by Gasteiger charge is 2.08. The monoisotopic (exact) mass is 272 g/mol. The third kappa shape index (κ3) is 3.41. The molecule has 0 spiro atoms. The van der Waals surface area contributed by atoms with Gasteiger partial charge >= 0.3 is 0 Å². The maximum absolute atomic E-state index is 13.5. The van der Waals surface area contributed by atoms with Gasteiger partial charge in [0.15, 0.2) is 0 Å². The van der Waals surface area contributed by atoms with Gasteiger partial charge in [0.25, 0.3) is 5.91 Å². The highest BCUT2D eigenvalue weighted by Crippen LogP contribution is 2.20. The summed E-state index contributed by atoms with van der Waals surface area (Å²) in [5.74, 6) is -1.24. The van der Waals surface area contributed by atoms with Gasteiger partial charge < -0.3 is 10.6 Å². The Morgan fingerprint density at radius 2 is 1.70 bits per heavy atom. The minimum absolute atomic E-state index is 0.0309. The van der Waals surface area contributed by atoms with Gasteiger partial charge in [-0.2, -0.15) is 0 Å². The van der Waals surface area contributed by atoms with E-state index in [0.717, 1.165) is 0 Å². The number of benzene rings is 2. The van der Waals surface area contributed by atoms with Gasteiger partial charge in [0.1, 0.15) is 5.82 Å². The van der Waals surface area contributed by atoms with Crippen LogP contribution in [0.1, 0.15) is 17.3 Å². The third-order valence-corrected chi connectivity index (χ3v) is 2.57. The van der Waals surface area contributed by atoms with Crippen LogP contribution < -0.4 is 10.6 Å². The summed E-state index contributed by atoms with van der Waals surface area (Å²) in [4.78, 5) is 22.9. The number of carbonyl (C=O) groups is 2. The van der Waals surface area contributed by atoms with Crippen molar-refractivity contribution in [3.8, 4) is 0 Å². The fourth-order valence-electron chi connectivity index (χ4n) is 1.68. The lowest BCUT2D eigenvalue weighted by atomic mass is 10.2. The van der Waals surface area contributed by atoms with E-state index in [-0.39, 0.29) is 17.5 Å². The summed E-state index contributed by atoms with van der Waals surface area (Å²) in [6.07, 6.45) is 0. The molecule has 0 aromatic heterocycles. The molecule has 0 aliphatic heterocycles. The Morgan fingerprint density at radius 3 is 2.35 bits per heavy atom. The molecule has 0 aliphatic carbocycles. The highest BCUT2D eigenvalue weighted by atomic mass is 19.1. The zero-order chi connectivity index (χ0) is 14.5. The molecule has 0 saturated heterocycles. The van der Waals surface area contributed by atoms with Crippen LogP contribution in [0.25, 0.3) is 0 Å². The summed E-state index contributed by atoms with van der Waals surface area (Å²) in [5, 5.41) is 5.00. The molecule has 5 heteroatoms. The van der Waals surface area contributed by atoms with Gasteiger partial charge in [-0.1, -0.05) is 18.2 Å². The van der Waals surface area contributed by atoms with E-state index in [1.54, 1.807) is 24.3 Å². The van der Waals surface area contributed by atoms with Crippen LogP contribution in [-0.4, -0.2) is 11.8 Å². The lowest BCUT2D eigenvalue weighted by Gasteiger charge is -2.09. The van der Waals surface area contributed by atoms with Gasteiger partial charge in [-0.15, -0.1) is 0 Å². The smallest absolute Gasteiger partial charge is 0.255 e. The van der Waals surface area contributed by atoms with E-state index in [2.05, 4.69) is 10.6 Å². The SMILES string of the molecule is CC(=O)Nc1cc(NC(=O)c2ccccc2)ccc1F. The molecule has 0 aliphatic rings. The van der Waals surface area contributed by atoms with E-state index in [9.17, 15) is 14.0 Å². The maximum atomic E-state index is 13.5. The summed E-state index contributed by atoms with van der Waals surface area (Å²) >= 11 is 0. The molecule has 0 bridgehead atoms. The van der Waals surface area contributed by atoms with Crippen LogP contribution in [-0.2, 0) is 4.79 Å². The Hall–Kier alpha value is -2.69. The van der Waals surface area contributed by atoms with Crippen LogP contribution in [0.5, 0.6) is 0 Å². The Labute approximate surface area is 115 Å². The Bertz CT molecular complexity index is 642. The molecule has 0 unspecified atom stereocenters. The molecule has 0 atom stereocenters. The van der Waals surface area contributed by atoms with E-state index in [0.29, 0.717) is 11.3 Å². The summed E-state index contributed by atoms with van der Waals surface area (Å²) in [7, 11) is 0. The number of hydrogen-bond acceptors (Lipinski definition) is 2. The maximum Gasteiger partial charge on any atom is 0.255 e. The second kappa shape index (κ2) is 5.97. The molecule has 2 aromatic carbocycles. The predicted octanol–water partition coefficient (Wildman–Crippen LogP) is 3.04. The highest BCUT2D eigenvalue weighted by molar-refractivity contribution is 6.04. The topological polar surface area (TPSA) is 58.2 Å². The van der Waals surface area contributed by atoms with Crippen molar-refractivity contribution < 1.29 is 14.0 Å². The molecular weight excluding hydrogens is 259 g/mol. The number of anilines is 2. The molecule has 2 rings (SSSR count). The van der Waals surface area contributed by atoms with Gasteiger partial charge in [-0.3, -0.25) is 9.59 Å². The first-order valence-electron chi connectivity index (χ1n) is 6.00. The Kier molecular flexibility index (Phi) is 4.10. The molecule has 0 fully saturated rings. The molecule has 2 amide bonds. The van der Waals surface area contributed by atoms with Crippen molar-refractivity contribution >= 4 is 23.2 Å². The molecule has 4 nitrogen and oxygen atoms in total. The minimum atomic E-state index is -0.557. The molecule has 0 radical (unpaired) electrons. The van der Waals surface area contributed by atoms with Crippen molar-refractivity contribution in [1.82, 2.24) is 0 Å². The van der Waals surface area contributed by atoms with Crippen LogP contribution in [0.2, 0.25) is 0 Å². The number of amides is 2. The van der Waals surface area contributed by atoms with Crippen molar-refractivity contribution in [3.05, 3.63) is 59.9 Å². The van der Waals surface area contributed by atoms with Crippen LogP contribution in [0.15, 0.2) is 48.5 Å². The van der Waals surface area contributed by atoms with Crippen LogP contribution in [0, 0.1) is 5.82 Å². The van der Waals surface area contributed by atoms with Crippen molar-refractivity contribution in [2.45, 2.75) is 6.92 Å². The van der Waals surface area contributed by atoms with E-state index in [1.807, 2.05) is 6.07 Å². The minimum Gasteiger partial charge on any atom is -0.324 e. The Balaban J connectivity index is 2.18. The van der Waals surface area contributed by atoms with Gasteiger partial charge in [0, 0.05) is 18.2 Å². The first kappa shape index (κ1) is 13.7. The second-order valence-corrected chi connectivity index (χ2v) is 4.20. The quantitative estimate of drug-likeness (QED) is 0.902. The second-order valence-electron chi connectivity index (χ2n) is 4.20. The number of nitrogens with one attached hydrogen (secondary N) is 2. The fourth-order valence-corrected chi connectivity index (χ4v) is 1.68. The van der Waals surface area contributed by atoms with Crippen molar-refractivity contribution in [2.75, 3.05) is 10.6 Å². The zero-order valence-electron chi connectivity index (χ0n) is 10.8. The lowest BCUT2D eigenvalue weighted by molar-refractivity contribution is -0.114. The number of halogens is 1. The van der Waals surface area contributed by atoms with E-state index in [4.69, 9.17) is 0 Å². The van der Waals surface area contributed by atoms with E-state index in [1.165, 1.54) is 25.1 Å². The Morgan fingerprint density at radius 1 is 1.00 bits per heavy atom. The van der Waals surface area contributed by atoms with E-state index < -0.39 is 5.82 Å². The number of carbonyl (C=O) groups excluding carboxylic acids is 2. The third-order valence-electron chi connectivity index (χ3n) is 2.57. The molecule has 2 aromatic rings. The first-order chi connectivity index (χ1) is 9.56. The summed E-state index contributed by atoms with van der Waals surface area (Å²) in [6, 6.07) is 12.7. The van der Waals surface area contributed by atoms with E-state index >= 15 is 0 Å². The number of rotatable bonds is 3. The van der Waals surface area contributed by atoms with Gasteiger partial charge in [-0.25, -0.2) is 4.39 Å². The average molecular weight is 272 g/mol. The first-order valence-corrected chi connectivity index (χ1v) is 6.00. The van der Waals surface area contributed by atoms with Crippen molar-refractivity contribution in [3.63, 3.8) is 0 Å². The average Bonchev–Trinajstić information content (AvgIpc) is 2.43. The number of hydrogen-bond donors (Lipinski definition) is 2. The fraction of sp³-hybridized carbons (Fsp3) is 0.0667. The zero-order valence-corrected chi connectivity index (χ0v) is 10.8. The molecule has 0 heterocycles. The molecule has 20 heavy (non-hydrogen) atoms. The van der Waals surface area contributed by atoms with Gasteiger partial charge in [0.05, 0.1) is 5.69 Å². The van der Waals surface area contributed by atoms with Crippen LogP contribution in [0.4, 0.5) is 15.8 Å². The lowest BCUT2D eigenvalue weighted by Crippen LogP contribution is -2.13. The standard InChI is InChI=1S/C15H13FN2O2/c1-10(19)17-14-9-12(7-8-13(14)16)18-15(20)11-5-3-2-4-6-11/h2-9H,1H3,(H,17,19)(H,18,20). The van der Waals surface area contributed by atoms with Gasteiger partial charge in [0.2, 0.25) is 5.91 Å². The molecule has 102 valence electrons. The normalized spacial score (nSPS) is 9.90. The summed E-state index contributed by atoms with van der Waals surface area (Å²) in [5.41, 5.74) is 0.935. The predicted molar refractivity (Wildman–Crippen MR) is 75.1 cm³/mol. The van der Waals surface area contributed by atoms with Crippen LogP contribution in [0.3, 0.4) is 0 Å². The van der Waals surface area contributed by atoms with Gasteiger partial charge in [-0.05, 0) is 30.3 Å². The van der Waals surface area contributed by atoms with Crippen LogP contribution >= 0.6 is 0 Å². The largest absolute Gasteiger partial charge is 0.324 e. The molecule has 0 saturated carbocycles. The molecule has 2 N–H and O–H groups in total. The van der Waals surface area contributed by atoms with Crippen molar-refractivity contribution in [2.24, 2.45) is 0 Å². The summed E-state index contributed by atoms with van der Waals surface area (Å²) < 4.78 is 13.5. The summed E-state index contributed by atoms with van der Waals surface area (Å²) in [6.45, 7) is 1.29.